The van der Waals surface area contributed by atoms with Gasteiger partial charge in [-0.15, -0.1) is 0 Å². The summed E-state index contributed by atoms with van der Waals surface area (Å²) in [6, 6.07) is 10.3. The fourth-order valence-corrected chi connectivity index (χ4v) is 2.67. The lowest BCUT2D eigenvalue weighted by molar-refractivity contribution is -0.111. The van der Waals surface area contributed by atoms with Crippen molar-refractivity contribution < 1.29 is 4.79 Å². The van der Waals surface area contributed by atoms with Crippen molar-refractivity contribution in [3.05, 3.63) is 36.5 Å². The van der Waals surface area contributed by atoms with E-state index < -0.39 is 0 Å². The van der Waals surface area contributed by atoms with Crippen LogP contribution in [0.5, 0.6) is 0 Å². The third-order valence-corrected chi connectivity index (χ3v) is 3.60. The molecule has 0 radical (unpaired) electrons. The molecule has 0 saturated carbocycles. The SMILES string of the molecule is O=CC1CCCN(c2nccc3ccccc23)C1. The highest BCUT2D eigenvalue weighted by molar-refractivity contribution is 5.92. The zero-order chi connectivity index (χ0) is 12.4. The van der Waals surface area contributed by atoms with Crippen molar-refractivity contribution in [1.29, 1.82) is 0 Å². The molecular weight excluding hydrogens is 224 g/mol. The molecule has 3 rings (SSSR count). The van der Waals surface area contributed by atoms with Gasteiger partial charge in [-0.3, -0.25) is 0 Å². The van der Waals surface area contributed by atoms with Crippen LogP contribution in [-0.2, 0) is 4.79 Å². The molecule has 2 heterocycles. The van der Waals surface area contributed by atoms with Gasteiger partial charge >= 0.3 is 0 Å². The number of rotatable bonds is 2. The molecule has 1 saturated heterocycles. The molecule has 1 aliphatic rings. The fraction of sp³-hybridized carbons (Fsp3) is 0.333. The first-order valence-electron chi connectivity index (χ1n) is 6.42. The highest BCUT2D eigenvalue weighted by atomic mass is 16.1. The predicted molar refractivity (Wildman–Crippen MR) is 72.7 cm³/mol. The number of fused-ring (bicyclic) bond motifs is 1. The van der Waals surface area contributed by atoms with Gasteiger partial charge in [0.05, 0.1) is 0 Å². The Kier molecular flexibility index (Phi) is 2.97. The maximum atomic E-state index is 11.0. The van der Waals surface area contributed by atoms with E-state index in [1.165, 1.54) is 10.8 Å². The first-order valence-corrected chi connectivity index (χ1v) is 6.42. The van der Waals surface area contributed by atoms with Gasteiger partial charge in [0, 0.05) is 30.6 Å². The molecule has 1 aromatic carbocycles. The van der Waals surface area contributed by atoms with Crippen molar-refractivity contribution in [3.8, 4) is 0 Å². The summed E-state index contributed by atoms with van der Waals surface area (Å²) in [6.45, 7) is 1.79. The molecule has 2 aromatic rings. The summed E-state index contributed by atoms with van der Waals surface area (Å²) >= 11 is 0. The van der Waals surface area contributed by atoms with E-state index in [4.69, 9.17) is 0 Å². The summed E-state index contributed by atoms with van der Waals surface area (Å²) in [7, 11) is 0. The third-order valence-electron chi connectivity index (χ3n) is 3.60. The number of hydrogen-bond acceptors (Lipinski definition) is 3. The van der Waals surface area contributed by atoms with Gasteiger partial charge < -0.3 is 9.69 Å². The van der Waals surface area contributed by atoms with E-state index in [-0.39, 0.29) is 5.92 Å². The van der Waals surface area contributed by atoms with Crippen LogP contribution in [0.25, 0.3) is 10.8 Å². The van der Waals surface area contributed by atoms with Crippen molar-refractivity contribution >= 4 is 22.9 Å². The molecule has 3 heteroatoms. The average molecular weight is 240 g/mol. The lowest BCUT2D eigenvalue weighted by Crippen LogP contribution is -2.36. The molecule has 1 fully saturated rings. The molecule has 0 spiro atoms. The zero-order valence-corrected chi connectivity index (χ0v) is 10.2. The van der Waals surface area contributed by atoms with Gasteiger partial charge in [0.2, 0.25) is 0 Å². The van der Waals surface area contributed by atoms with Gasteiger partial charge in [0.1, 0.15) is 12.1 Å². The van der Waals surface area contributed by atoms with Crippen LogP contribution in [0.1, 0.15) is 12.8 Å². The minimum atomic E-state index is 0.152. The summed E-state index contributed by atoms with van der Waals surface area (Å²) in [6.07, 6.45) is 5.00. The van der Waals surface area contributed by atoms with E-state index in [0.717, 1.165) is 38.0 Å². The smallest absolute Gasteiger partial charge is 0.136 e. The Morgan fingerprint density at radius 2 is 2.17 bits per heavy atom. The number of aromatic nitrogens is 1. The second-order valence-electron chi connectivity index (χ2n) is 4.84. The Morgan fingerprint density at radius 3 is 3.06 bits per heavy atom. The zero-order valence-electron chi connectivity index (χ0n) is 10.2. The summed E-state index contributed by atoms with van der Waals surface area (Å²) in [5.41, 5.74) is 0. The molecule has 1 atom stereocenters. The molecular formula is C15H16N2O. The minimum Gasteiger partial charge on any atom is -0.355 e. The van der Waals surface area contributed by atoms with E-state index in [9.17, 15) is 4.79 Å². The van der Waals surface area contributed by atoms with E-state index in [0.29, 0.717) is 0 Å². The topological polar surface area (TPSA) is 33.2 Å². The quantitative estimate of drug-likeness (QED) is 0.757. The molecule has 3 nitrogen and oxygen atoms in total. The summed E-state index contributed by atoms with van der Waals surface area (Å²) in [4.78, 5) is 17.7. The number of hydrogen-bond donors (Lipinski definition) is 0. The van der Waals surface area contributed by atoms with E-state index in [2.05, 4.69) is 22.0 Å². The van der Waals surface area contributed by atoms with Crippen LogP contribution in [0.2, 0.25) is 0 Å². The highest BCUT2D eigenvalue weighted by Crippen LogP contribution is 2.27. The average Bonchev–Trinajstić information content (AvgIpc) is 2.47. The Balaban J connectivity index is 2.00. The standard InChI is InChI=1S/C15H16N2O/c18-11-12-4-3-9-17(10-12)15-14-6-2-1-5-13(14)7-8-16-15/h1-2,5-8,11-12H,3-4,9-10H2. The van der Waals surface area contributed by atoms with Gasteiger partial charge in [-0.05, 0) is 24.3 Å². The number of carbonyl (C=O) groups is 1. The highest BCUT2D eigenvalue weighted by Gasteiger charge is 2.21. The molecule has 0 amide bonds. The molecule has 1 unspecified atom stereocenters. The van der Waals surface area contributed by atoms with Crippen LogP contribution < -0.4 is 4.90 Å². The van der Waals surface area contributed by atoms with Crippen molar-refractivity contribution in [2.45, 2.75) is 12.8 Å². The summed E-state index contributed by atoms with van der Waals surface area (Å²) in [5.74, 6) is 1.17. The first kappa shape index (κ1) is 11.2. The molecule has 0 N–H and O–H groups in total. The van der Waals surface area contributed by atoms with Crippen molar-refractivity contribution in [2.75, 3.05) is 18.0 Å². The van der Waals surface area contributed by atoms with Gasteiger partial charge in [-0.25, -0.2) is 4.98 Å². The van der Waals surface area contributed by atoms with E-state index >= 15 is 0 Å². The Labute approximate surface area is 106 Å². The third kappa shape index (κ3) is 1.96. The van der Waals surface area contributed by atoms with Crippen molar-refractivity contribution in [1.82, 2.24) is 4.98 Å². The van der Waals surface area contributed by atoms with Crippen LogP contribution in [0, 0.1) is 5.92 Å². The number of benzene rings is 1. The maximum absolute atomic E-state index is 11.0. The number of pyridine rings is 1. The van der Waals surface area contributed by atoms with Crippen LogP contribution in [0.15, 0.2) is 36.5 Å². The largest absolute Gasteiger partial charge is 0.355 e. The lowest BCUT2D eigenvalue weighted by Gasteiger charge is -2.31. The van der Waals surface area contributed by atoms with Gasteiger partial charge in [-0.2, -0.15) is 0 Å². The monoisotopic (exact) mass is 240 g/mol. The predicted octanol–water partition coefficient (Wildman–Crippen LogP) is 2.65. The van der Waals surface area contributed by atoms with Crippen molar-refractivity contribution in [3.63, 3.8) is 0 Å². The molecule has 18 heavy (non-hydrogen) atoms. The van der Waals surface area contributed by atoms with E-state index in [1.807, 2.05) is 24.4 Å². The van der Waals surface area contributed by atoms with Crippen molar-refractivity contribution in [2.24, 2.45) is 5.92 Å². The molecule has 0 aliphatic carbocycles. The molecule has 92 valence electrons. The Bertz CT molecular complexity index is 562. The van der Waals surface area contributed by atoms with E-state index in [1.54, 1.807) is 0 Å². The normalized spacial score (nSPS) is 20.0. The fourth-order valence-electron chi connectivity index (χ4n) is 2.67. The van der Waals surface area contributed by atoms with Crippen LogP contribution in [0.3, 0.4) is 0 Å². The van der Waals surface area contributed by atoms with Crippen LogP contribution in [-0.4, -0.2) is 24.4 Å². The minimum absolute atomic E-state index is 0.152. The Morgan fingerprint density at radius 1 is 1.28 bits per heavy atom. The van der Waals surface area contributed by atoms with Crippen LogP contribution >= 0.6 is 0 Å². The van der Waals surface area contributed by atoms with Gasteiger partial charge in [-0.1, -0.05) is 24.3 Å². The first-order chi connectivity index (χ1) is 8.88. The number of piperidine rings is 1. The van der Waals surface area contributed by atoms with Gasteiger partial charge in [0.15, 0.2) is 0 Å². The second kappa shape index (κ2) is 4.77. The summed E-state index contributed by atoms with van der Waals surface area (Å²) < 4.78 is 0. The number of carbonyl (C=O) groups excluding carboxylic acids is 1. The molecule has 1 aliphatic heterocycles. The van der Waals surface area contributed by atoms with Crippen LogP contribution in [0.4, 0.5) is 5.82 Å². The molecule has 0 bridgehead atoms. The lowest BCUT2D eigenvalue weighted by atomic mass is 9.99. The second-order valence-corrected chi connectivity index (χ2v) is 4.84. The number of nitrogens with zero attached hydrogens (tertiary/aromatic N) is 2. The van der Waals surface area contributed by atoms with Gasteiger partial charge in [0.25, 0.3) is 0 Å². The number of aldehydes is 1. The summed E-state index contributed by atoms with van der Waals surface area (Å²) in [5, 5.41) is 2.38. The Hall–Kier alpha value is -1.90. The molecule has 1 aromatic heterocycles. The number of anilines is 1. The maximum Gasteiger partial charge on any atom is 0.136 e.